The van der Waals surface area contributed by atoms with Gasteiger partial charge < -0.3 is 4.90 Å². The first-order chi connectivity index (χ1) is 8.06. The SMILES string of the molecule is CC(=O)c1ccc2c(c1)CN(CCN(C)C)C2. The average Bonchev–Trinajstić information content (AvgIpc) is 2.67. The zero-order valence-corrected chi connectivity index (χ0v) is 10.9. The van der Waals surface area contributed by atoms with Crippen LogP contribution in [0.25, 0.3) is 0 Å². The molecule has 2 rings (SSSR count). The van der Waals surface area contributed by atoms with Crippen molar-refractivity contribution in [2.75, 3.05) is 27.2 Å². The summed E-state index contributed by atoms with van der Waals surface area (Å²) in [5.74, 6) is 0.152. The highest BCUT2D eigenvalue weighted by Crippen LogP contribution is 2.23. The second kappa shape index (κ2) is 4.98. The number of hydrogen-bond donors (Lipinski definition) is 0. The van der Waals surface area contributed by atoms with Gasteiger partial charge in [0.05, 0.1) is 0 Å². The second-order valence-corrected chi connectivity index (χ2v) is 5.05. The monoisotopic (exact) mass is 232 g/mol. The first-order valence-corrected chi connectivity index (χ1v) is 6.06. The highest BCUT2D eigenvalue weighted by Gasteiger charge is 2.19. The van der Waals surface area contributed by atoms with Crippen LogP contribution in [-0.4, -0.2) is 42.8 Å². The number of carbonyl (C=O) groups excluding carboxylic acids is 1. The lowest BCUT2D eigenvalue weighted by molar-refractivity contribution is 0.101. The molecule has 0 aliphatic carbocycles. The third kappa shape index (κ3) is 2.93. The summed E-state index contributed by atoms with van der Waals surface area (Å²) in [7, 11) is 4.19. The lowest BCUT2D eigenvalue weighted by Crippen LogP contribution is -2.27. The van der Waals surface area contributed by atoms with Crippen LogP contribution in [0.2, 0.25) is 0 Å². The predicted molar refractivity (Wildman–Crippen MR) is 69.1 cm³/mol. The molecule has 0 saturated carbocycles. The Bertz CT molecular complexity index is 426. The Labute approximate surface area is 103 Å². The predicted octanol–water partition coefficient (Wildman–Crippen LogP) is 1.77. The van der Waals surface area contributed by atoms with Gasteiger partial charge in [0.2, 0.25) is 0 Å². The summed E-state index contributed by atoms with van der Waals surface area (Å²) in [6, 6.07) is 6.09. The van der Waals surface area contributed by atoms with E-state index < -0.39 is 0 Å². The van der Waals surface area contributed by atoms with Crippen LogP contribution in [0.4, 0.5) is 0 Å². The van der Waals surface area contributed by atoms with Gasteiger partial charge in [-0.3, -0.25) is 9.69 Å². The van der Waals surface area contributed by atoms with Crippen LogP contribution in [0.3, 0.4) is 0 Å². The van der Waals surface area contributed by atoms with Gasteiger partial charge in [-0.05, 0) is 38.2 Å². The molecule has 17 heavy (non-hydrogen) atoms. The van der Waals surface area contributed by atoms with E-state index in [4.69, 9.17) is 0 Å². The van der Waals surface area contributed by atoms with Gasteiger partial charge in [-0.15, -0.1) is 0 Å². The van der Waals surface area contributed by atoms with Crippen molar-refractivity contribution in [1.82, 2.24) is 9.80 Å². The molecule has 1 aromatic carbocycles. The third-order valence-corrected chi connectivity index (χ3v) is 3.26. The number of likely N-dealkylation sites (N-methyl/N-ethyl adjacent to an activating group) is 1. The fourth-order valence-electron chi connectivity index (χ4n) is 2.18. The maximum absolute atomic E-state index is 11.3. The van der Waals surface area contributed by atoms with Crippen LogP contribution >= 0.6 is 0 Å². The van der Waals surface area contributed by atoms with Gasteiger partial charge in [0.25, 0.3) is 0 Å². The van der Waals surface area contributed by atoms with Crippen molar-refractivity contribution < 1.29 is 4.79 Å². The first kappa shape index (κ1) is 12.3. The van der Waals surface area contributed by atoms with Crippen molar-refractivity contribution in [2.45, 2.75) is 20.0 Å². The Morgan fingerprint density at radius 3 is 2.65 bits per heavy atom. The summed E-state index contributed by atoms with van der Waals surface area (Å²) < 4.78 is 0. The maximum Gasteiger partial charge on any atom is 0.159 e. The van der Waals surface area contributed by atoms with Crippen molar-refractivity contribution in [1.29, 1.82) is 0 Å². The van der Waals surface area contributed by atoms with E-state index in [1.165, 1.54) is 11.1 Å². The Balaban J connectivity index is 2.04. The molecular formula is C14H20N2O. The van der Waals surface area contributed by atoms with Crippen molar-refractivity contribution in [3.05, 3.63) is 34.9 Å². The second-order valence-electron chi connectivity index (χ2n) is 5.05. The molecule has 3 heteroatoms. The minimum Gasteiger partial charge on any atom is -0.308 e. The summed E-state index contributed by atoms with van der Waals surface area (Å²) in [5.41, 5.74) is 3.52. The summed E-state index contributed by atoms with van der Waals surface area (Å²) in [6.07, 6.45) is 0. The minimum absolute atomic E-state index is 0.152. The lowest BCUT2D eigenvalue weighted by Gasteiger charge is -2.17. The van der Waals surface area contributed by atoms with Gasteiger partial charge in [-0.2, -0.15) is 0 Å². The number of hydrogen-bond acceptors (Lipinski definition) is 3. The molecule has 92 valence electrons. The van der Waals surface area contributed by atoms with Crippen molar-refractivity contribution in [3.63, 3.8) is 0 Å². The Morgan fingerprint density at radius 1 is 1.29 bits per heavy atom. The molecule has 0 atom stereocenters. The highest BCUT2D eigenvalue weighted by atomic mass is 16.1. The summed E-state index contributed by atoms with van der Waals surface area (Å²) in [6.45, 7) is 5.77. The summed E-state index contributed by atoms with van der Waals surface area (Å²) in [5, 5.41) is 0. The van der Waals surface area contributed by atoms with Crippen LogP contribution in [-0.2, 0) is 13.1 Å². The largest absolute Gasteiger partial charge is 0.308 e. The van der Waals surface area contributed by atoms with E-state index in [0.717, 1.165) is 31.7 Å². The van der Waals surface area contributed by atoms with Gasteiger partial charge in [0.1, 0.15) is 0 Å². The van der Waals surface area contributed by atoms with E-state index >= 15 is 0 Å². The van der Waals surface area contributed by atoms with E-state index in [1.807, 2.05) is 12.1 Å². The average molecular weight is 232 g/mol. The summed E-state index contributed by atoms with van der Waals surface area (Å²) in [4.78, 5) is 15.9. The van der Waals surface area contributed by atoms with Crippen LogP contribution < -0.4 is 0 Å². The number of ketones is 1. The van der Waals surface area contributed by atoms with E-state index in [-0.39, 0.29) is 5.78 Å². The molecule has 0 saturated heterocycles. The topological polar surface area (TPSA) is 23.6 Å². The molecule has 0 unspecified atom stereocenters. The molecule has 0 fully saturated rings. The molecule has 1 aliphatic heterocycles. The van der Waals surface area contributed by atoms with Gasteiger partial charge in [0.15, 0.2) is 5.78 Å². The zero-order valence-electron chi connectivity index (χ0n) is 10.9. The number of fused-ring (bicyclic) bond motifs is 1. The van der Waals surface area contributed by atoms with Crippen LogP contribution in [0.5, 0.6) is 0 Å². The molecule has 1 heterocycles. The minimum atomic E-state index is 0.152. The van der Waals surface area contributed by atoms with Crippen LogP contribution in [0.15, 0.2) is 18.2 Å². The molecule has 0 amide bonds. The number of benzene rings is 1. The summed E-state index contributed by atoms with van der Waals surface area (Å²) >= 11 is 0. The normalized spacial score (nSPS) is 15.3. The quantitative estimate of drug-likeness (QED) is 0.739. The van der Waals surface area contributed by atoms with Gasteiger partial charge >= 0.3 is 0 Å². The fourth-order valence-corrected chi connectivity index (χ4v) is 2.18. The van der Waals surface area contributed by atoms with Gasteiger partial charge in [0, 0.05) is 31.7 Å². The number of Topliss-reactive ketones (excluding diaryl/α,β-unsaturated/α-hetero) is 1. The number of nitrogens with zero attached hydrogens (tertiary/aromatic N) is 2. The highest BCUT2D eigenvalue weighted by molar-refractivity contribution is 5.94. The molecule has 0 bridgehead atoms. The van der Waals surface area contributed by atoms with E-state index in [2.05, 4.69) is 30.0 Å². The molecule has 1 aromatic rings. The number of rotatable bonds is 4. The van der Waals surface area contributed by atoms with Gasteiger partial charge in [-0.1, -0.05) is 12.1 Å². The van der Waals surface area contributed by atoms with E-state index in [9.17, 15) is 4.79 Å². The van der Waals surface area contributed by atoms with E-state index in [0.29, 0.717) is 0 Å². The smallest absolute Gasteiger partial charge is 0.159 e. The lowest BCUT2D eigenvalue weighted by atomic mass is 10.0. The van der Waals surface area contributed by atoms with E-state index in [1.54, 1.807) is 6.92 Å². The maximum atomic E-state index is 11.3. The zero-order chi connectivity index (χ0) is 12.4. The van der Waals surface area contributed by atoms with Crippen LogP contribution in [0, 0.1) is 0 Å². The molecule has 0 radical (unpaired) electrons. The molecular weight excluding hydrogens is 212 g/mol. The molecule has 0 aromatic heterocycles. The third-order valence-electron chi connectivity index (χ3n) is 3.26. The molecule has 3 nitrogen and oxygen atoms in total. The van der Waals surface area contributed by atoms with Crippen molar-refractivity contribution in [2.24, 2.45) is 0 Å². The molecule has 0 spiro atoms. The fraction of sp³-hybridized carbons (Fsp3) is 0.500. The van der Waals surface area contributed by atoms with Gasteiger partial charge in [-0.25, -0.2) is 0 Å². The van der Waals surface area contributed by atoms with Crippen molar-refractivity contribution in [3.8, 4) is 0 Å². The Hall–Kier alpha value is -1.19. The Kier molecular flexibility index (Phi) is 3.60. The first-order valence-electron chi connectivity index (χ1n) is 6.06. The molecule has 1 aliphatic rings. The van der Waals surface area contributed by atoms with Crippen molar-refractivity contribution >= 4 is 5.78 Å². The number of carbonyl (C=O) groups is 1. The molecule has 0 N–H and O–H groups in total. The van der Waals surface area contributed by atoms with Crippen LogP contribution in [0.1, 0.15) is 28.4 Å². The Morgan fingerprint density at radius 2 is 2.00 bits per heavy atom. The standard InChI is InChI=1S/C14H20N2O/c1-11(17)12-4-5-13-9-16(7-6-15(2)3)10-14(13)8-12/h4-5,8H,6-7,9-10H2,1-3H3.